The van der Waals surface area contributed by atoms with Crippen LogP contribution >= 0.6 is 0 Å². The Morgan fingerprint density at radius 2 is 2.25 bits per heavy atom. The first-order valence-electron chi connectivity index (χ1n) is 4.45. The highest BCUT2D eigenvalue weighted by molar-refractivity contribution is 5.91. The lowest BCUT2D eigenvalue weighted by atomic mass is 10.4. The van der Waals surface area contributed by atoms with Crippen LogP contribution in [-0.2, 0) is 9.53 Å². The predicted molar refractivity (Wildman–Crippen MR) is 52.2 cm³/mol. The number of carbonyl (C=O) groups excluding carboxylic acids is 1. The molecule has 0 aromatic carbocycles. The summed E-state index contributed by atoms with van der Waals surface area (Å²) in [5.74, 6) is -1.53. The summed E-state index contributed by atoms with van der Waals surface area (Å²) in [6.45, 7) is -0.150. The summed E-state index contributed by atoms with van der Waals surface area (Å²) in [5.41, 5.74) is -0.351. The molecule has 1 aromatic rings. The summed E-state index contributed by atoms with van der Waals surface area (Å²) in [7, 11) is 0. The van der Waals surface area contributed by atoms with Crippen LogP contribution in [0.3, 0.4) is 0 Å². The van der Waals surface area contributed by atoms with Gasteiger partial charge >= 0.3 is 11.7 Å². The highest BCUT2D eigenvalue weighted by Gasteiger charge is 2.06. The van der Waals surface area contributed by atoms with Gasteiger partial charge in [-0.2, -0.15) is 0 Å². The molecule has 1 aromatic heterocycles. The first kappa shape index (κ1) is 12.0. The average Bonchev–Trinajstić information content (AvgIpc) is 2.63. The lowest BCUT2D eigenvalue weighted by molar-refractivity contribution is -0.142. The number of imidazole rings is 1. The smallest absolute Gasteiger partial charge is 0.329 e. The molecule has 0 radical (unpaired) electrons. The molecule has 1 amide bonds. The van der Waals surface area contributed by atoms with Crippen molar-refractivity contribution in [1.29, 1.82) is 0 Å². The van der Waals surface area contributed by atoms with E-state index < -0.39 is 24.2 Å². The minimum Gasteiger partial charge on any atom is -0.480 e. The van der Waals surface area contributed by atoms with Crippen LogP contribution in [0.15, 0.2) is 11.0 Å². The van der Waals surface area contributed by atoms with Gasteiger partial charge in [-0.3, -0.25) is 4.79 Å². The third kappa shape index (κ3) is 3.96. The summed E-state index contributed by atoms with van der Waals surface area (Å²) in [5, 5.41) is 10.7. The number of aromatic amines is 2. The number of ether oxygens (including phenoxy) is 1. The van der Waals surface area contributed by atoms with E-state index >= 15 is 0 Å². The number of aliphatic carboxylic acids is 1. The van der Waals surface area contributed by atoms with Gasteiger partial charge in [0.15, 0.2) is 0 Å². The highest BCUT2D eigenvalue weighted by Crippen LogP contribution is 1.86. The molecule has 0 spiro atoms. The van der Waals surface area contributed by atoms with Crippen LogP contribution in [0.25, 0.3) is 0 Å². The van der Waals surface area contributed by atoms with Crippen molar-refractivity contribution in [2.45, 2.75) is 0 Å². The fourth-order valence-corrected chi connectivity index (χ4v) is 0.946. The third-order valence-corrected chi connectivity index (χ3v) is 1.60. The largest absolute Gasteiger partial charge is 0.480 e. The van der Waals surface area contributed by atoms with Crippen LogP contribution in [0.2, 0.25) is 0 Å². The molecule has 0 saturated heterocycles. The molecule has 0 aliphatic heterocycles. The van der Waals surface area contributed by atoms with Gasteiger partial charge in [0.1, 0.15) is 12.3 Å². The molecule has 8 nitrogen and oxygen atoms in total. The van der Waals surface area contributed by atoms with E-state index in [1.54, 1.807) is 0 Å². The second-order valence-corrected chi connectivity index (χ2v) is 2.86. The Kier molecular flexibility index (Phi) is 4.28. The van der Waals surface area contributed by atoms with E-state index in [9.17, 15) is 14.4 Å². The van der Waals surface area contributed by atoms with Crippen molar-refractivity contribution in [2.24, 2.45) is 0 Å². The van der Waals surface area contributed by atoms with Gasteiger partial charge < -0.3 is 25.1 Å². The van der Waals surface area contributed by atoms with Crippen molar-refractivity contribution in [2.75, 3.05) is 19.8 Å². The number of carbonyl (C=O) groups is 2. The number of hydrogen-bond donors (Lipinski definition) is 4. The van der Waals surface area contributed by atoms with Gasteiger partial charge in [-0.15, -0.1) is 0 Å². The van der Waals surface area contributed by atoms with Gasteiger partial charge in [-0.05, 0) is 0 Å². The molecule has 0 aliphatic carbocycles. The number of aromatic nitrogens is 2. The molecular weight excluding hydrogens is 218 g/mol. The Morgan fingerprint density at radius 3 is 2.81 bits per heavy atom. The molecule has 88 valence electrons. The van der Waals surface area contributed by atoms with Gasteiger partial charge in [-0.1, -0.05) is 0 Å². The first-order valence-corrected chi connectivity index (χ1v) is 4.45. The summed E-state index contributed by atoms with van der Waals surface area (Å²) in [6.07, 6.45) is 1.25. The number of carboxylic acids is 1. The minimum atomic E-state index is -1.07. The molecular formula is C8H11N3O5. The Bertz CT molecular complexity index is 421. The zero-order chi connectivity index (χ0) is 12.0. The Labute approximate surface area is 89.6 Å². The monoisotopic (exact) mass is 229 g/mol. The van der Waals surface area contributed by atoms with Crippen LogP contribution in [0.5, 0.6) is 0 Å². The quantitative estimate of drug-likeness (QED) is 0.443. The van der Waals surface area contributed by atoms with Crippen molar-refractivity contribution >= 4 is 11.9 Å². The van der Waals surface area contributed by atoms with Crippen molar-refractivity contribution in [3.8, 4) is 0 Å². The van der Waals surface area contributed by atoms with E-state index in [0.29, 0.717) is 0 Å². The van der Waals surface area contributed by atoms with E-state index in [4.69, 9.17) is 9.84 Å². The molecule has 16 heavy (non-hydrogen) atoms. The second-order valence-electron chi connectivity index (χ2n) is 2.86. The van der Waals surface area contributed by atoms with Crippen LogP contribution in [-0.4, -0.2) is 46.7 Å². The zero-order valence-corrected chi connectivity index (χ0v) is 8.28. The number of H-pyrrole nitrogens is 2. The molecule has 0 aliphatic rings. The van der Waals surface area contributed by atoms with E-state index in [1.807, 2.05) is 0 Å². The van der Waals surface area contributed by atoms with Gasteiger partial charge in [0.05, 0.1) is 6.61 Å². The number of carboxylic acid groups (broad SMARTS) is 1. The van der Waals surface area contributed by atoms with Crippen molar-refractivity contribution < 1.29 is 19.4 Å². The van der Waals surface area contributed by atoms with E-state index in [1.165, 1.54) is 6.20 Å². The first-order chi connectivity index (χ1) is 7.59. The summed E-state index contributed by atoms with van der Waals surface area (Å²) >= 11 is 0. The maximum Gasteiger partial charge on any atom is 0.329 e. The number of amides is 1. The molecule has 1 heterocycles. The molecule has 1 rings (SSSR count). The lowest BCUT2D eigenvalue weighted by Gasteiger charge is -2.03. The number of nitrogens with one attached hydrogen (secondary N) is 3. The van der Waals surface area contributed by atoms with Gasteiger partial charge in [0.25, 0.3) is 5.91 Å². The molecule has 0 unspecified atom stereocenters. The zero-order valence-electron chi connectivity index (χ0n) is 8.28. The molecule has 0 atom stereocenters. The second kappa shape index (κ2) is 5.71. The van der Waals surface area contributed by atoms with E-state index in [2.05, 4.69) is 15.3 Å². The normalized spacial score (nSPS) is 10.0. The molecule has 8 heteroatoms. The molecule has 0 fully saturated rings. The van der Waals surface area contributed by atoms with Crippen LogP contribution < -0.4 is 11.0 Å². The van der Waals surface area contributed by atoms with Crippen molar-refractivity contribution in [1.82, 2.24) is 15.3 Å². The summed E-state index contributed by atoms with van der Waals surface area (Å²) in [4.78, 5) is 36.6. The van der Waals surface area contributed by atoms with Crippen molar-refractivity contribution in [3.05, 3.63) is 22.4 Å². The van der Waals surface area contributed by atoms with E-state index in [0.717, 1.165) is 0 Å². The van der Waals surface area contributed by atoms with E-state index in [-0.39, 0.29) is 18.8 Å². The number of hydrogen-bond acceptors (Lipinski definition) is 4. The highest BCUT2D eigenvalue weighted by atomic mass is 16.5. The van der Waals surface area contributed by atoms with Gasteiger partial charge in [-0.25, -0.2) is 9.59 Å². The van der Waals surface area contributed by atoms with Gasteiger partial charge in [0.2, 0.25) is 0 Å². The maximum absolute atomic E-state index is 11.3. The van der Waals surface area contributed by atoms with Crippen LogP contribution in [0, 0.1) is 0 Å². The summed E-state index contributed by atoms with van der Waals surface area (Å²) in [6, 6.07) is 0. The fourth-order valence-electron chi connectivity index (χ4n) is 0.946. The third-order valence-electron chi connectivity index (χ3n) is 1.60. The molecule has 0 bridgehead atoms. The Morgan fingerprint density at radius 1 is 1.50 bits per heavy atom. The Hall–Kier alpha value is -2.09. The standard InChI is InChI=1S/C8H11N3O5/c12-6(13)4-16-2-1-9-7(14)5-3-10-8(15)11-5/h3H,1-2,4H2,(H,9,14)(H,12,13)(H2,10,11,15). The fraction of sp³-hybridized carbons (Fsp3) is 0.375. The van der Waals surface area contributed by atoms with Crippen LogP contribution in [0.4, 0.5) is 0 Å². The number of rotatable bonds is 6. The minimum absolute atomic E-state index is 0.0900. The molecule has 4 N–H and O–H groups in total. The Balaban J connectivity index is 2.21. The summed E-state index contributed by atoms with van der Waals surface area (Å²) < 4.78 is 4.69. The average molecular weight is 229 g/mol. The SMILES string of the molecule is O=C(O)COCCNC(=O)c1c[nH]c(=O)[nH]1. The van der Waals surface area contributed by atoms with Gasteiger partial charge in [0, 0.05) is 12.7 Å². The molecule has 0 saturated carbocycles. The lowest BCUT2D eigenvalue weighted by Crippen LogP contribution is -2.28. The van der Waals surface area contributed by atoms with Crippen LogP contribution in [0.1, 0.15) is 10.5 Å². The maximum atomic E-state index is 11.3. The topological polar surface area (TPSA) is 124 Å². The predicted octanol–water partition coefficient (Wildman–Crippen LogP) is -1.47. The van der Waals surface area contributed by atoms with Crippen molar-refractivity contribution in [3.63, 3.8) is 0 Å².